The van der Waals surface area contributed by atoms with Crippen LogP contribution in [0.1, 0.15) is 11.1 Å². The quantitative estimate of drug-likeness (QED) is 0.280. The molecule has 0 spiro atoms. The molecule has 0 unspecified atom stereocenters. The molecule has 3 aromatic carbocycles. The largest absolute Gasteiger partial charge is 0.493 e. The maximum Gasteiger partial charge on any atom is 0.339 e. The fourth-order valence-corrected chi connectivity index (χ4v) is 5.44. The number of rotatable bonds is 7. The number of hydrogen-bond donors (Lipinski definition) is 0. The van der Waals surface area contributed by atoms with Crippen LogP contribution in [-0.2, 0) is 21.5 Å². The number of para-hydroxylation sites is 1. The minimum atomic E-state index is -4.17. The number of carbonyl (C=O) groups is 2. The monoisotopic (exact) mass is 559 g/mol. The molecule has 0 N–H and O–H groups in total. The van der Waals surface area contributed by atoms with Crippen LogP contribution in [0.2, 0.25) is 0 Å². The van der Waals surface area contributed by atoms with Gasteiger partial charge in [0.2, 0.25) is 0 Å². The van der Waals surface area contributed by atoms with E-state index in [1.165, 1.54) is 25.3 Å². The summed E-state index contributed by atoms with van der Waals surface area (Å²) < 4.78 is 37.2. The predicted molar refractivity (Wildman–Crippen MR) is 133 cm³/mol. The van der Waals surface area contributed by atoms with Gasteiger partial charge in [0.05, 0.1) is 18.6 Å². The minimum Gasteiger partial charge on any atom is -0.493 e. The summed E-state index contributed by atoms with van der Waals surface area (Å²) in [5, 5.41) is -0.422. The summed E-state index contributed by atoms with van der Waals surface area (Å²) in [6.45, 7) is 0.104. The van der Waals surface area contributed by atoms with Gasteiger partial charge in [0.1, 0.15) is 4.90 Å². The van der Waals surface area contributed by atoms with Crippen LogP contribution in [0, 0.1) is 0 Å². The average molecular weight is 560 g/mol. The number of halogens is 1. The Morgan fingerprint density at radius 3 is 2.38 bits per heavy atom. The SMILES string of the molecule is COc1cccc(/C=C2\SC(=O)N(Cc3ccccc3Br)C2=O)c1OS(=O)(=O)c1ccccc1. The predicted octanol–water partition coefficient (Wildman–Crippen LogP) is 5.46. The summed E-state index contributed by atoms with van der Waals surface area (Å²) in [4.78, 5) is 26.9. The Morgan fingerprint density at radius 1 is 0.971 bits per heavy atom. The van der Waals surface area contributed by atoms with Crippen LogP contribution in [0.3, 0.4) is 0 Å². The van der Waals surface area contributed by atoms with Crippen LogP contribution in [-0.4, -0.2) is 31.6 Å². The van der Waals surface area contributed by atoms with E-state index in [0.29, 0.717) is 0 Å². The van der Waals surface area contributed by atoms with Crippen LogP contribution < -0.4 is 8.92 Å². The molecular formula is C24H18BrNO6S2. The molecule has 10 heteroatoms. The molecule has 1 aliphatic rings. The first-order chi connectivity index (χ1) is 16.3. The van der Waals surface area contributed by atoms with Crippen molar-refractivity contribution in [3.63, 3.8) is 0 Å². The number of methoxy groups -OCH3 is 1. The van der Waals surface area contributed by atoms with Crippen LogP contribution in [0.5, 0.6) is 11.5 Å². The molecule has 0 aromatic heterocycles. The summed E-state index contributed by atoms with van der Waals surface area (Å²) in [5.41, 5.74) is 1.07. The molecule has 0 atom stereocenters. The molecule has 1 saturated heterocycles. The minimum absolute atomic E-state index is 0.0272. The van der Waals surface area contributed by atoms with Gasteiger partial charge in [0.25, 0.3) is 11.1 Å². The van der Waals surface area contributed by atoms with Crippen molar-refractivity contribution in [1.82, 2.24) is 4.90 Å². The smallest absolute Gasteiger partial charge is 0.339 e. The Hall–Kier alpha value is -3.08. The van der Waals surface area contributed by atoms with E-state index in [4.69, 9.17) is 8.92 Å². The van der Waals surface area contributed by atoms with Crippen molar-refractivity contribution in [2.75, 3.05) is 7.11 Å². The summed E-state index contributed by atoms with van der Waals surface area (Å²) >= 11 is 4.20. The van der Waals surface area contributed by atoms with Crippen molar-refractivity contribution < 1.29 is 26.9 Å². The highest BCUT2D eigenvalue weighted by atomic mass is 79.9. The van der Waals surface area contributed by atoms with E-state index in [1.807, 2.05) is 24.3 Å². The van der Waals surface area contributed by atoms with E-state index in [1.54, 1.807) is 36.4 Å². The third kappa shape index (κ3) is 5.03. The van der Waals surface area contributed by atoms with Crippen molar-refractivity contribution >= 4 is 55.0 Å². The van der Waals surface area contributed by atoms with E-state index in [9.17, 15) is 18.0 Å². The first kappa shape index (κ1) is 24.1. The zero-order valence-electron chi connectivity index (χ0n) is 17.8. The lowest BCUT2D eigenvalue weighted by Gasteiger charge is -2.14. The maximum atomic E-state index is 13.0. The number of ether oxygens (including phenoxy) is 1. The highest BCUT2D eigenvalue weighted by molar-refractivity contribution is 9.10. The molecular weight excluding hydrogens is 542 g/mol. The Labute approximate surface area is 209 Å². The maximum absolute atomic E-state index is 13.0. The van der Waals surface area contributed by atoms with Crippen LogP contribution in [0.4, 0.5) is 4.79 Å². The highest BCUT2D eigenvalue weighted by Gasteiger charge is 2.35. The second kappa shape index (κ2) is 10.0. The van der Waals surface area contributed by atoms with Crippen LogP contribution in [0.25, 0.3) is 6.08 Å². The molecule has 0 radical (unpaired) electrons. The standard InChI is InChI=1S/C24H18BrNO6S2/c1-31-20-13-7-9-16(22(20)32-34(29,30)18-10-3-2-4-11-18)14-21-23(27)26(24(28)33-21)15-17-8-5-6-12-19(17)25/h2-14H,15H2,1H3/b21-14-. The normalized spacial score (nSPS) is 15.1. The van der Waals surface area contributed by atoms with Crippen molar-refractivity contribution in [3.05, 3.63) is 93.3 Å². The Morgan fingerprint density at radius 2 is 1.68 bits per heavy atom. The molecule has 1 aliphatic heterocycles. The second-order valence-corrected chi connectivity index (χ2v) is 10.5. The Bertz CT molecular complexity index is 1390. The molecule has 0 aliphatic carbocycles. The van der Waals surface area contributed by atoms with Crippen molar-refractivity contribution in [1.29, 1.82) is 0 Å². The molecule has 3 aromatic rings. The van der Waals surface area contributed by atoms with Gasteiger partial charge in [-0.1, -0.05) is 64.5 Å². The van der Waals surface area contributed by atoms with E-state index in [0.717, 1.165) is 26.7 Å². The lowest BCUT2D eigenvalue weighted by atomic mass is 10.1. The average Bonchev–Trinajstić information content (AvgIpc) is 3.09. The van der Waals surface area contributed by atoms with E-state index < -0.39 is 21.3 Å². The molecule has 7 nitrogen and oxygen atoms in total. The second-order valence-electron chi connectivity index (χ2n) is 7.09. The molecule has 0 bridgehead atoms. The summed E-state index contributed by atoms with van der Waals surface area (Å²) in [5.74, 6) is -0.391. The van der Waals surface area contributed by atoms with E-state index in [2.05, 4.69) is 15.9 Å². The lowest BCUT2D eigenvalue weighted by Crippen LogP contribution is -2.27. The fourth-order valence-electron chi connectivity index (χ4n) is 3.22. The first-order valence-corrected chi connectivity index (χ1v) is 13.0. The van der Waals surface area contributed by atoms with Crippen molar-refractivity contribution in [3.8, 4) is 11.5 Å². The van der Waals surface area contributed by atoms with Gasteiger partial charge >= 0.3 is 10.1 Å². The lowest BCUT2D eigenvalue weighted by molar-refractivity contribution is -0.123. The number of hydrogen-bond acceptors (Lipinski definition) is 7. The van der Waals surface area contributed by atoms with Gasteiger partial charge in [0, 0.05) is 10.0 Å². The van der Waals surface area contributed by atoms with Gasteiger partial charge in [-0.05, 0) is 47.7 Å². The van der Waals surface area contributed by atoms with Gasteiger partial charge in [-0.3, -0.25) is 14.5 Å². The molecule has 174 valence electrons. The van der Waals surface area contributed by atoms with Crippen LogP contribution >= 0.6 is 27.7 Å². The molecule has 34 heavy (non-hydrogen) atoms. The molecule has 0 saturated carbocycles. The highest BCUT2D eigenvalue weighted by Crippen LogP contribution is 2.39. The number of nitrogens with zero attached hydrogens (tertiary/aromatic N) is 1. The van der Waals surface area contributed by atoms with Gasteiger partial charge in [-0.25, -0.2) is 0 Å². The fraction of sp³-hybridized carbons (Fsp3) is 0.0833. The number of thioether (sulfide) groups is 1. The topological polar surface area (TPSA) is 90.0 Å². The summed E-state index contributed by atoms with van der Waals surface area (Å²) in [6.07, 6.45) is 1.43. The number of benzene rings is 3. The zero-order valence-corrected chi connectivity index (χ0v) is 21.0. The van der Waals surface area contributed by atoms with E-state index >= 15 is 0 Å². The van der Waals surface area contributed by atoms with Gasteiger partial charge in [0.15, 0.2) is 11.5 Å². The van der Waals surface area contributed by atoms with Crippen LogP contribution in [0.15, 0.2) is 87.1 Å². The molecule has 1 heterocycles. The third-order valence-corrected chi connectivity index (χ3v) is 7.82. The number of imide groups is 1. The summed E-state index contributed by atoms with van der Waals surface area (Å²) in [7, 11) is -2.78. The molecule has 4 rings (SSSR count). The number of amides is 2. The van der Waals surface area contributed by atoms with E-state index in [-0.39, 0.29) is 33.4 Å². The van der Waals surface area contributed by atoms with Gasteiger partial charge in [-0.15, -0.1) is 0 Å². The Kier molecular flexibility index (Phi) is 7.11. The molecule has 1 fully saturated rings. The zero-order chi connectivity index (χ0) is 24.3. The number of carbonyl (C=O) groups excluding carboxylic acids is 2. The first-order valence-electron chi connectivity index (χ1n) is 9.95. The van der Waals surface area contributed by atoms with Gasteiger partial charge in [-0.2, -0.15) is 8.42 Å². The van der Waals surface area contributed by atoms with Crippen molar-refractivity contribution in [2.24, 2.45) is 0 Å². The summed E-state index contributed by atoms with van der Waals surface area (Å²) in [6, 6.07) is 19.8. The Balaban J connectivity index is 1.67. The third-order valence-electron chi connectivity index (χ3n) is 4.90. The van der Waals surface area contributed by atoms with Crippen molar-refractivity contribution in [2.45, 2.75) is 11.4 Å². The van der Waals surface area contributed by atoms with Gasteiger partial charge < -0.3 is 8.92 Å². The molecule has 2 amide bonds.